The molecule has 1 unspecified atom stereocenters. The molecule has 0 N–H and O–H groups in total. The lowest BCUT2D eigenvalue weighted by Gasteiger charge is -2.14. The molecule has 178 valence electrons. The number of carbonyl (C=O) groups excluding carboxylic acids is 1. The van der Waals surface area contributed by atoms with Crippen molar-refractivity contribution >= 4 is 15.6 Å². The van der Waals surface area contributed by atoms with Gasteiger partial charge in [0, 0.05) is 23.9 Å². The molecule has 1 fully saturated rings. The van der Waals surface area contributed by atoms with Crippen LogP contribution >= 0.6 is 0 Å². The molecule has 0 spiro atoms. The third-order valence-corrected chi connectivity index (χ3v) is 7.93. The molecule has 0 radical (unpaired) electrons. The molecule has 1 aliphatic rings. The van der Waals surface area contributed by atoms with Crippen molar-refractivity contribution in [3.05, 3.63) is 66.0 Å². The van der Waals surface area contributed by atoms with E-state index in [9.17, 15) is 13.2 Å². The van der Waals surface area contributed by atoms with E-state index in [1.807, 2.05) is 19.9 Å². The van der Waals surface area contributed by atoms with Crippen LogP contribution in [0.4, 0.5) is 0 Å². The van der Waals surface area contributed by atoms with Crippen LogP contribution in [0.3, 0.4) is 0 Å². The van der Waals surface area contributed by atoms with Gasteiger partial charge < -0.3 is 4.74 Å². The van der Waals surface area contributed by atoms with Crippen LogP contribution in [-0.4, -0.2) is 46.0 Å². The summed E-state index contributed by atoms with van der Waals surface area (Å²) in [7, 11) is -3.17. The smallest absolute Gasteiger partial charge is 0.232 e. The van der Waals surface area contributed by atoms with E-state index in [1.165, 1.54) is 0 Å². The summed E-state index contributed by atoms with van der Waals surface area (Å²) in [6.45, 7) is 4.32. The van der Waals surface area contributed by atoms with E-state index < -0.39 is 15.8 Å². The summed E-state index contributed by atoms with van der Waals surface area (Å²) in [5.74, 6) is -0.0499. The Labute approximate surface area is 199 Å². The first-order chi connectivity index (χ1) is 16.4. The fourth-order valence-electron chi connectivity index (χ4n) is 3.81. The largest absolute Gasteiger partial charge is 0.477 e. The van der Waals surface area contributed by atoms with Gasteiger partial charge in [-0.1, -0.05) is 13.0 Å². The number of aromatic nitrogens is 4. The third-order valence-electron chi connectivity index (χ3n) is 5.74. The summed E-state index contributed by atoms with van der Waals surface area (Å²) >= 11 is 0. The minimum absolute atomic E-state index is 0.00409. The lowest BCUT2D eigenvalue weighted by atomic mass is 9.93. The minimum Gasteiger partial charge on any atom is -0.477 e. The van der Waals surface area contributed by atoms with Crippen molar-refractivity contribution in [2.75, 3.05) is 6.61 Å². The second kappa shape index (κ2) is 10.4. The molecule has 1 aliphatic carbocycles. The van der Waals surface area contributed by atoms with Gasteiger partial charge in [-0.05, 0) is 50.5 Å². The standard InChI is InChI=1S/C25H28N4O4S/c1-3-21(22-7-5-6-19(28-22)16-34(31,32)20-10-11-20)24(30)12-18-9-8-17(13-27-18)23-14-26-15-25(29-23)33-4-2/h5-9,13-15,20-21H,3-4,10-12,16H2,1-2H3. The third kappa shape index (κ3) is 5.83. The number of Topliss-reactive ketones (excluding diaryl/α,β-unsaturated/α-hetero) is 1. The Morgan fingerprint density at radius 3 is 2.56 bits per heavy atom. The second-order valence-electron chi connectivity index (χ2n) is 8.38. The number of nitrogens with zero attached hydrogens (tertiary/aromatic N) is 4. The predicted molar refractivity (Wildman–Crippen MR) is 128 cm³/mol. The first-order valence-electron chi connectivity index (χ1n) is 11.5. The molecule has 0 amide bonds. The predicted octanol–water partition coefficient (Wildman–Crippen LogP) is 3.71. The first-order valence-corrected chi connectivity index (χ1v) is 13.2. The van der Waals surface area contributed by atoms with Crippen molar-refractivity contribution in [3.63, 3.8) is 0 Å². The van der Waals surface area contributed by atoms with Gasteiger partial charge in [-0.15, -0.1) is 0 Å². The topological polar surface area (TPSA) is 112 Å². The molecule has 3 heterocycles. The molecule has 0 aromatic carbocycles. The lowest BCUT2D eigenvalue weighted by molar-refractivity contribution is -0.120. The van der Waals surface area contributed by atoms with Crippen LogP contribution in [0, 0.1) is 0 Å². The van der Waals surface area contributed by atoms with E-state index in [0.717, 1.165) is 18.4 Å². The van der Waals surface area contributed by atoms with Crippen LogP contribution in [-0.2, 0) is 26.8 Å². The van der Waals surface area contributed by atoms with Gasteiger partial charge in [0.2, 0.25) is 5.88 Å². The van der Waals surface area contributed by atoms with E-state index >= 15 is 0 Å². The summed E-state index contributed by atoms with van der Waals surface area (Å²) in [5.41, 5.74) is 3.17. The fraction of sp³-hybridized carbons (Fsp3) is 0.400. The summed E-state index contributed by atoms with van der Waals surface area (Å²) in [5, 5.41) is -0.233. The minimum atomic E-state index is -3.17. The van der Waals surface area contributed by atoms with Crippen LogP contribution in [0.1, 0.15) is 56.1 Å². The lowest BCUT2D eigenvalue weighted by Crippen LogP contribution is -2.18. The van der Waals surface area contributed by atoms with Crippen LogP contribution in [0.15, 0.2) is 48.9 Å². The van der Waals surface area contributed by atoms with Crippen molar-refractivity contribution in [2.45, 2.75) is 56.5 Å². The Hall–Kier alpha value is -3.20. The van der Waals surface area contributed by atoms with Crippen LogP contribution in [0.2, 0.25) is 0 Å². The molecule has 0 aliphatic heterocycles. The van der Waals surface area contributed by atoms with Crippen LogP contribution in [0.25, 0.3) is 11.3 Å². The molecule has 0 bridgehead atoms. The summed E-state index contributed by atoms with van der Waals surface area (Å²) in [6.07, 6.45) is 7.06. The molecule has 1 atom stereocenters. The molecule has 34 heavy (non-hydrogen) atoms. The number of ether oxygens (including phenoxy) is 1. The average Bonchev–Trinajstić information content (AvgIpc) is 3.67. The van der Waals surface area contributed by atoms with E-state index in [2.05, 4.69) is 19.9 Å². The number of rotatable bonds is 11. The monoisotopic (exact) mass is 480 g/mol. The zero-order chi connectivity index (χ0) is 24.1. The Balaban J connectivity index is 1.45. The SMILES string of the molecule is CCOc1cncc(-c2ccc(CC(=O)C(CC)c3cccc(CS(=O)(=O)C4CC4)n3)nc2)n1. The van der Waals surface area contributed by atoms with Crippen molar-refractivity contribution in [1.29, 1.82) is 0 Å². The maximum atomic E-state index is 13.1. The van der Waals surface area contributed by atoms with Gasteiger partial charge in [0.1, 0.15) is 5.78 Å². The quantitative estimate of drug-likeness (QED) is 0.408. The van der Waals surface area contributed by atoms with Gasteiger partial charge in [-0.25, -0.2) is 13.4 Å². The Morgan fingerprint density at radius 1 is 1.06 bits per heavy atom. The Bertz CT molecular complexity index is 1260. The van der Waals surface area contributed by atoms with Crippen molar-refractivity contribution < 1.29 is 17.9 Å². The number of hydrogen-bond acceptors (Lipinski definition) is 8. The first kappa shape index (κ1) is 23.9. The number of carbonyl (C=O) groups is 1. The van der Waals surface area contributed by atoms with E-state index in [-0.39, 0.29) is 23.2 Å². The van der Waals surface area contributed by atoms with Gasteiger partial charge in [0.15, 0.2) is 9.84 Å². The highest BCUT2D eigenvalue weighted by molar-refractivity contribution is 7.91. The molecule has 3 aromatic rings. The number of ketones is 1. The number of hydrogen-bond donors (Lipinski definition) is 0. The molecule has 9 heteroatoms. The number of sulfone groups is 1. The Morgan fingerprint density at radius 2 is 1.88 bits per heavy atom. The van der Waals surface area contributed by atoms with Gasteiger partial charge in [-0.2, -0.15) is 0 Å². The number of pyridine rings is 2. The van der Waals surface area contributed by atoms with Crippen molar-refractivity contribution in [1.82, 2.24) is 19.9 Å². The molecular weight excluding hydrogens is 452 g/mol. The molecule has 4 rings (SSSR count). The highest BCUT2D eigenvalue weighted by atomic mass is 32.2. The molecule has 1 saturated carbocycles. The van der Waals surface area contributed by atoms with E-state index in [1.54, 1.807) is 42.9 Å². The molecule has 8 nitrogen and oxygen atoms in total. The fourth-order valence-corrected chi connectivity index (χ4v) is 5.48. The second-order valence-corrected chi connectivity index (χ2v) is 10.7. The van der Waals surface area contributed by atoms with Crippen LogP contribution < -0.4 is 4.74 Å². The maximum absolute atomic E-state index is 13.1. The summed E-state index contributed by atoms with van der Waals surface area (Å²) in [6, 6.07) is 8.95. The van der Waals surface area contributed by atoms with Gasteiger partial charge >= 0.3 is 0 Å². The highest BCUT2D eigenvalue weighted by Gasteiger charge is 2.36. The van der Waals surface area contributed by atoms with Gasteiger partial charge in [-0.3, -0.25) is 19.7 Å². The Kier molecular flexibility index (Phi) is 7.31. The van der Waals surface area contributed by atoms with Crippen molar-refractivity contribution in [3.8, 4) is 17.1 Å². The van der Waals surface area contributed by atoms with Crippen molar-refractivity contribution in [2.24, 2.45) is 0 Å². The van der Waals surface area contributed by atoms with Gasteiger partial charge in [0.25, 0.3) is 0 Å². The van der Waals surface area contributed by atoms with Gasteiger partial charge in [0.05, 0.1) is 53.0 Å². The summed E-state index contributed by atoms with van der Waals surface area (Å²) < 4.78 is 30.1. The van der Waals surface area contributed by atoms with Crippen LogP contribution in [0.5, 0.6) is 5.88 Å². The average molecular weight is 481 g/mol. The molecular formula is C25H28N4O4S. The zero-order valence-electron chi connectivity index (χ0n) is 19.3. The summed E-state index contributed by atoms with van der Waals surface area (Å²) in [4.78, 5) is 30.6. The maximum Gasteiger partial charge on any atom is 0.232 e. The molecule has 3 aromatic heterocycles. The van der Waals surface area contributed by atoms with E-state index in [0.29, 0.717) is 41.7 Å². The molecule has 0 saturated heterocycles. The normalized spacial score (nSPS) is 14.5. The van der Waals surface area contributed by atoms with E-state index in [4.69, 9.17) is 4.74 Å². The highest BCUT2D eigenvalue weighted by Crippen LogP contribution is 2.31. The zero-order valence-corrected chi connectivity index (χ0v) is 20.2.